The van der Waals surface area contributed by atoms with Crippen LogP contribution in [0.5, 0.6) is 0 Å². The average Bonchev–Trinajstić information content (AvgIpc) is 2.64. The fourth-order valence-electron chi connectivity index (χ4n) is 2.87. The first-order valence-electron chi connectivity index (χ1n) is 9.01. The third kappa shape index (κ3) is 6.59. The number of aryl methyl sites for hydroxylation is 2. The molecule has 140 valence electrons. The third-order valence-corrected chi connectivity index (χ3v) is 4.49. The quantitative estimate of drug-likeness (QED) is 0.477. The highest BCUT2D eigenvalue weighted by molar-refractivity contribution is 5.80. The maximum atomic E-state index is 11.3. The summed E-state index contributed by atoms with van der Waals surface area (Å²) < 4.78 is 0. The van der Waals surface area contributed by atoms with Gasteiger partial charge in [0.15, 0.2) is 0 Å². The Labute approximate surface area is 155 Å². The first-order valence-corrected chi connectivity index (χ1v) is 9.01. The van der Waals surface area contributed by atoms with Crippen LogP contribution in [0.4, 0.5) is 0 Å². The van der Waals surface area contributed by atoms with Gasteiger partial charge in [0.2, 0.25) is 0 Å². The summed E-state index contributed by atoms with van der Waals surface area (Å²) in [6.07, 6.45) is 1.32. The van der Waals surface area contributed by atoms with Crippen molar-refractivity contribution >= 4 is 5.91 Å². The van der Waals surface area contributed by atoms with Crippen molar-refractivity contribution in [2.75, 3.05) is 6.54 Å². The highest BCUT2D eigenvalue weighted by atomic mass is 16.5. The molecule has 0 spiro atoms. The Kier molecular flexibility index (Phi) is 7.78. The Hall–Kier alpha value is -2.21. The van der Waals surface area contributed by atoms with E-state index in [4.69, 9.17) is 10.9 Å². The Balaban J connectivity index is 1.99. The first kappa shape index (κ1) is 20.1. The average molecular weight is 355 g/mol. The number of benzene rings is 2. The van der Waals surface area contributed by atoms with Gasteiger partial charge < -0.3 is 5.73 Å². The largest absolute Gasteiger partial charge is 0.320 e. The molecular weight excluding hydrogens is 326 g/mol. The van der Waals surface area contributed by atoms with E-state index in [0.717, 1.165) is 26.1 Å². The van der Waals surface area contributed by atoms with E-state index < -0.39 is 11.9 Å². The minimum absolute atomic E-state index is 0.532. The van der Waals surface area contributed by atoms with Crippen LogP contribution in [-0.2, 0) is 17.9 Å². The molecule has 26 heavy (non-hydrogen) atoms. The van der Waals surface area contributed by atoms with Crippen LogP contribution in [0, 0.1) is 13.8 Å². The topological polar surface area (TPSA) is 78.6 Å². The maximum Gasteiger partial charge on any atom is 0.260 e. The number of carbonyl (C=O) groups is 1. The van der Waals surface area contributed by atoms with Crippen molar-refractivity contribution in [2.45, 2.75) is 45.8 Å². The van der Waals surface area contributed by atoms with Crippen LogP contribution >= 0.6 is 0 Å². The Morgan fingerprint density at radius 3 is 1.88 bits per heavy atom. The monoisotopic (exact) mass is 355 g/mol. The lowest BCUT2D eigenvalue weighted by atomic mass is 10.1. The minimum atomic E-state index is -0.680. The van der Waals surface area contributed by atoms with Gasteiger partial charge in [0.05, 0.1) is 6.04 Å². The second kappa shape index (κ2) is 10.1. The Bertz CT molecular complexity index is 636. The summed E-state index contributed by atoms with van der Waals surface area (Å²) in [5.41, 5.74) is 12.4. The molecule has 0 radical (unpaired) electrons. The Morgan fingerprint density at radius 1 is 1.00 bits per heavy atom. The molecule has 0 fully saturated rings. The summed E-state index contributed by atoms with van der Waals surface area (Å²) in [6.45, 7) is 6.68. The molecule has 4 N–H and O–H groups in total. The Morgan fingerprint density at radius 2 is 1.46 bits per heavy atom. The van der Waals surface area contributed by atoms with Gasteiger partial charge in [-0.1, -0.05) is 59.7 Å². The fourth-order valence-corrected chi connectivity index (χ4v) is 2.87. The predicted octanol–water partition coefficient (Wildman–Crippen LogP) is 2.92. The molecule has 5 heteroatoms. The van der Waals surface area contributed by atoms with E-state index in [1.54, 1.807) is 5.48 Å². The molecule has 0 aromatic heterocycles. The number of hydrogen-bond donors (Lipinski definition) is 3. The van der Waals surface area contributed by atoms with Gasteiger partial charge in [-0.05, 0) is 44.4 Å². The van der Waals surface area contributed by atoms with Gasteiger partial charge in [0.25, 0.3) is 5.91 Å². The summed E-state index contributed by atoms with van der Waals surface area (Å²) in [5, 5.41) is 8.66. The normalized spacial score (nSPS) is 12.2. The molecule has 0 aliphatic heterocycles. The molecular formula is C21H29N3O2. The molecule has 0 aliphatic rings. The zero-order valence-electron chi connectivity index (χ0n) is 15.6. The lowest BCUT2D eigenvalue weighted by Gasteiger charge is -2.23. The van der Waals surface area contributed by atoms with Gasteiger partial charge in [-0.2, -0.15) is 0 Å². The lowest BCUT2D eigenvalue weighted by Crippen LogP contribution is -2.39. The van der Waals surface area contributed by atoms with E-state index in [1.165, 1.54) is 22.3 Å². The van der Waals surface area contributed by atoms with Crippen LogP contribution < -0.4 is 11.2 Å². The van der Waals surface area contributed by atoms with Crippen molar-refractivity contribution in [2.24, 2.45) is 5.73 Å². The number of amides is 1. The van der Waals surface area contributed by atoms with Crippen molar-refractivity contribution in [3.63, 3.8) is 0 Å². The molecule has 5 nitrogen and oxygen atoms in total. The number of hydroxylamine groups is 1. The summed E-state index contributed by atoms with van der Waals surface area (Å²) >= 11 is 0. The van der Waals surface area contributed by atoms with Crippen molar-refractivity contribution < 1.29 is 10.0 Å². The zero-order valence-corrected chi connectivity index (χ0v) is 15.6. The smallest absolute Gasteiger partial charge is 0.260 e. The van der Waals surface area contributed by atoms with Gasteiger partial charge in [0, 0.05) is 13.1 Å². The standard InChI is InChI=1S/C21H29N3O2/c1-16-5-9-18(10-6-16)14-24(13-3-4-20(22)21(25)23-26)15-19-11-7-17(2)8-12-19/h5-12,20,26H,3-4,13-15,22H2,1-2H3,(H,23,25)/t20-/m0/s1. The van der Waals surface area contributed by atoms with E-state index in [1.807, 2.05) is 0 Å². The number of rotatable bonds is 9. The second-order valence-electron chi connectivity index (χ2n) is 6.91. The molecule has 2 aromatic carbocycles. The third-order valence-electron chi connectivity index (χ3n) is 4.49. The van der Waals surface area contributed by atoms with Gasteiger partial charge >= 0.3 is 0 Å². The summed E-state index contributed by atoms with van der Waals surface area (Å²) in [4.78, 5) is 13.7. The van der Waals surface area contributed by atoms with Crippen LogP contribution in [0.3, 0.4) is 0 Å². The molecule has 1 amide bonds. The molecule has 1 atom stereocenters. The summed E-state index contributed by atoms with van der Waals surface area (Å²) in [5.74, 6) is -0.534. The number of nitrogens with zero attached hydrogens (tertiary/aromatic N) is 1. The summed E-state index contributed by atoms with van der Waals surface area (Å²) in [7, 11) is 0. The zero-order chi connectivity index (χ0) is 18.9. The van der Waals surface area contributed by atoms with Crippen LogP contribution in [0.1, 0.15) is 35.1 Å². The van der Waals surface area contributed by atoms with Gasteiger partial charge in [-0.3, -0.25) is 14.9 Å². The molecule has 0 unspecified atom stereocenters. The van der Waals surface area contributed by atoms with Crippen molar-refractivity contribution in [1.29, 1.82) is 0 Å². The van der Waals surface area contributed by atoms with Crippen molar-refractivity contribution in [3.05, 3.63) is 70.8 Å². The van der Waals surface area contributed by atoms with Gasteiger partial charge in [0.1, 0.15) is 0 Å². The summed E-state index contributed by atoms with van der Waals surface area (Å²) in [6, 6.07) is 16.4. The predicted molar refractivity (Wildman–Crippen MR) is 104 cm³/mol. The molecule has 0 saturated heterocycles. The van der Waals surface area contributed by atoms with Crippen LogP contribution in [0.15, 0.2) is 48.5 Å². The van der Waals surface area contributed by atoms with Crippen LogP contribution in [0.25, 0.3) is 0 Å². The molecule has 2 rings (SSSR count). The number of nitrogens with two attached hydrogens (primary N) is 1. The van der Waals surface area contributed by atoms with E-state index in [-0.39, 0.29) is 0 Å². The maximum absolute atomic E-state index is 11.3. The highest BCUT2D eigenvalue weighted by Crippen LogP contribution is 2.13. The second-order valence-corrected chi connectivity index (χ2v) is 6.91. The van der Waals surface area contributed by atoms with Gasteiger partial charge in [-0.25, -0.2) is 5.48 Å². The van der Waals surface area contributed by atoms with E-state index in [0.29, 0.717) is 6.42 Å². The van der Waals surface area contributed by atoms with E-state index >= 15 is 0 Å². The van der Waals surface area contributed by atoms with Crippen LogP contribution in [0.2, 0.25) is 0 Å². The van der Waals surface area contributed by atoms with E-state index in [2.05, 4.69) is 67.3 Å². The van der Waals surface area contributed by atoms with Crippen molar-refractivity contribution in [3.8, 4) is 0 Å². The number of carbonyl (C=O) groups excluding carboxylic acids is 1. The molecule has 0 bridgehead atoms. The molecule has 0 aliphatic carbocycles. The van der Waals surface area contributed by atoms with Crippen molar-refractivity contribution in [1.82, 2.24) is 10.4 Å². The molecule has 0 heterocycles. The molecule has 0 saturated carbocycles. The first-order chi connectivity index (χ1) is 12.5. The minimum Gasteiger partial charge on any atom is -0.320 e. The van der Waals surface area contributed by atoms with Gasteiger partial charge in [-0.15, -0.1) is 0 Å². The highest BCUT2D eigenvalue weighted by Gasteiger charge is 2.13. The van der Waals surface area contributed by atoms with Crippen LogP contribution in [-0.4, -0.2) is 28.6 Å². The SMILES string of the molecule is Cc1ccc(CN(CCC[C@H](N)C(=O)NO)Cc2ccc(C)cc2)cc1. The number of nitrogens with one attached hydrogen (secondary N) is 1. The lowest BCUT2D eigenvalue weighted by molar-refractivity contribution is -0.130. The molecule has 2 aromatic rings. The fraction of sp³-hybridized carbons (Fsp3) is 0.381. The van der Waals surface area contributed by atoms with E-state index in [9.17, 15) is 4.79 Å². The number of hydrogen-bond acceptors (Lipinski definition) is 4.